The lowest BCUT2D eigenvalue weighted by Gasteiger charge is -2.16. The van der Waals surface area contributed by atoms with Crippen LogP contribution in [0.2, 0.25) is 0 Å². The maximum atomic E-state index is 12.3. The van der Waals surface area contributed by atoms with E-state index in [9.17, 15) is 19.2 Å². The topological polar surface area (TPSA) is 80.8 Å². The zero-order chi connectivity index (χ0) is 21.2. The number of imide groups is 1. The van der Waals surface area contributed by atoms with Gasteiger partial charge in [0.1, 0.15) is 12.4 Å². The van der Waals surface area contributed by atoms with Gasteiger partial charge in [-0.25, -0.2) is 0 Å². The molecule has 0 spiro atoms. The largest absolute Gasteiger partial charge is 0.486 e. The minimum atomic E-state index is -0.472. The number of hydrogen-bond donors (Lipinski definition) is 0. The second-order valence-corrected chi connectivity index (χ2v) is 8.25. The number of ketones is 2. The van der Waals surface area contributed by atoms with E-state index < -0.39 is 17.6 Å². The Hall–Kier alpha value is -3.28. The van der Waals surface area contributed by atoms with Crippen molar-refractivity contribution in [2.75, 3.05) is 13.2 Å². The van der Waals surface area contributed by atoms with Crippen LogP contribution in [0.1, 0.15) is 58.3 Å². The second kappa shape index (κ2) is 7.99. The van der Waals surface area contributed by atoms with E-state index in [0.717, 1.165) is 4.90 Å². The molecule has 29 heavy (non-hydrogen) atoms. The second-order valence-electron chi connectivity index (χ2n) is 8.25. The standard InChI is InChI=1S/C23H23NO5/c1-23(2,3)12-20(26)15-8-10-17(11-9-15)29-14-16(25)13-24-21(27)18-6-4-5-7-19(18)22(24)28/h4-11H,12-14H2,1-3H3. The zero-order valence-electron chi connectivity index (χ0n) is 16.7. The van der Waals surface area contributed by atoms with Crippen LogP contribution >= 0.6 is 0 Å². The molecule has 150 valence electrons. The third-order valence-corrected chi connectivity index (χ3v) is 4.48. The minimum Gasteiger partial charge on any atom is -0.486 e. The summed E-state index contributed by atoms with van der Waals surface area (Å²) in [6.07, 6.45) is 0.436. The lowest BCUT2D eigenvalue weighted by molar-refractivity contribution is -0.121. The summed E-state index contributed by atoms with van der Waals surface area (Å²) >= 11 is 0. The minimum absolute atomic E-state index is 0.0470. The van der Waals surface area contributed by atoms with Crippen molar-refractivity contribution in [2.24, 2.45) is 5.41 Å². The fraction of sp³-hybridized carbons (Fsp3) is 0.304. The van der Waals surface area contributed by atoms with Crippen LogP contribution in [0, 0.1) is 5.41 Å². The van der Waals surface area contributed by atoms with E-state index in [2.05, 4.69) is 0 Å². The van der Waals surface area contributed by atoms with E-state index >= 15 is 0 Å². The number of carbonyl (C=O) groups excluding carboxylic acids is 4. The fourth-order valence-corrected chi connectivity index (χ4v) is 3.09. The highest BCUT2D eigenvalue weighted by molar-refractivity contribution is 6.22. The Morgan fingerprint density at radius 2 is 1.45 bits per heavy atom. The number of rotatable bonds is 7. The molecule has 1 aliphatic heterocycles. The van der Waals surface area contributed by atoms with Gasteiger partial charge in [0.2, 0.25) is 0 Å². The van der Waals surface area contributed by atoms with E-state index in [0.29, 0.717) is 28.9 Å². The molecule has 0 fully saturated rings. The number of carbonyl (C=O) groups is 4. The van der Waals surface area contributed by atoms with E-state index in [1.54, 1.807) is 48.5 Å². The number of amides is 2. The van der Waals surface area contributed by atoms with Crippen molar-refractivity contribution in [1.82, 2.24) is 4.90 Å². The Labute approximate surface area is 169 Å². The van der Waals surface area contributed by atoms with Crippen LogP contribution in [0.3, 0.4) is 0 Å². The molecule has 6 nitrogen and oxygen atoms in total. The summed E-state index contributed by atoms with van der Waals surface area (Å²) in [5.74, 6) is -0.854. The van der Waals surface area contributed by atoms with Gasteiger partial charge < -0.3 is 4.74 Å². The van der Waals surface area contributed by atoms with E-state index in [1.807, 2.05) is 20.8 Å². The summed E-state index contributed by atoms with van der Waals surface area (Å²) in [7, 11) is 0. The molecule has 2 aromatic rings. The first-order chi connectivity index (χ1) is 13.7. The average molecular weight is 393 g/mol. The first kappa shape index (κ1) is 20.5. The molecule has 0 saturated heterocycles. The summed E-state index contributed by atoms with van der Waals surface area (Å²) < 4.78 is 5.45. The van der Waals surface area contributed by atoms with Crippen molar-refractivity contribution in [1.29, 1.82) is 0 Å². The van der Waals surface area contributed by atoms with Crippen LogP contribution in [0.4, 0.5) is 0 Å². The number of nitrogens with zero attached hydrogens (tertiary/aromatic N) is 1. The molecule has 2 aromatic carbocycles. The van der Waals surface area contributed by atoms with Crippen molar-refractivity contribution in [3.8, 4) is 5.75 Å². The number of ether oxygens (including phenoxy) is 1. The number of fused-ring (bicyclic) bond motifs is 1. The Morgan fingerprint density at radius 1 is 0.897 bits per heavy atom. The lowest BCUT2D eigenvalue weighted by atomic mass is 9.88. The van der Waals surface area contributed by atoms with Crippen molar-refractivity contribution < 1.29 is 23.9 Å². The molecule has 0 atom stereocenters. The normalized spacial score (nSPS) is 13.4. The molecule has 0 radical (unpaired) electrons. The maximum absolute atomic E-state index is 12.3. The SMILES string of the molecule is CC(C)(C)CC(=O)c1ccc(OCC(=O)CN2C(=O)c3ccccc3C2=O)cc1. The third-order valence-electron chi connectivity index (χ3n) is 4.48. The van der Waals surface area contributed by atoms with Crippen LogP contribution in [0.15, 0.2) is 48.5 Å². The molecule has 0 N–H and O–H groups in total. The van der Waals surface area contributed by atoms with Gasteiger partial charge in [0.05, 0.1) is 17.7 Å². The summed E-state index contributed by atoms with van der Waals surface area (Å²) in [5, 5.41) is 0. The van der Waals surface area contributed by atoms with Crippen LogP contribution < -0.4 is 4.74 Å². The molecule has 1 heterocycles. The highest BCUT2D eigenvalue weighted by atomic mass is 16.5. The highest BCUT2D eigenvalue weighted by Crippen LogP contribution is 2.23. The van der Waals surface area contributed by atoms with Crippen LogP contribution in [-0.4, -0.2) is 41.4 Å². The summed E-state index contributed by atoms with van der Waals surface area (Å²) in [5.41, 5.74) is 1.11. The van der Waals surface area contributed by atoms with Gasteiger partial charge >= 0.3 is 0 Å². The van der Waals surface area contributed by atoms with Crippen molar-refractivity contribution >= 4 is 23.4 Å². The van der Waals surface area contributed by atoms with Gasteiger partial charge in [-0.05, 0) is 41.8 Å². The van der Waals surface area contributed by atoms with Crippen LogP contribution in [0.25, 0.3) is 0 Å². The van der Waals surface area contributed by atoms with Crippen LogP contribution in [0.5, 0.6) is 5.75 Å². The van der Waals surface area contributed by atoms with Gasteiger partial charge in [-0.3, -0.25) is 24.1 Å². The summed E-state index contributed by atoms with van der Waals surface area (Å²) in [6, 6.07) is 13.1. The van der Waals surface area contributed by atoms with E-state index in [1.165, 1.54) is 0 Å². The van der Waals surface area contributed by atoms with E-state index in [-0.39, 0.29) is 24.3 Å². The predicted octanol–water partition coefficient (Wildman–Crippen LogP) is 3.55. The molecular weight excluding hydrogens is 370 g/mol. The monoisotopic (exact) mass is 393 g/mol. The maximum Gasteiger partial charge on any atom is 0.261 e. The predicted molar refractivity (Wildman–Crippen MR) is 107 cm³/mol. The Kier molecular flexibility index (Phi) is 5.64. The number of Topliss-reactive ketones (excluding diaryl/α,β-unsaturated/α-hetero) is 2. The molecule has 0 aromatic heterocycles. The van der Waals surface area contributed by atoms with Gasteiger partial charge in [-0.1, -0.05) is 32.9 Å². The average Bonchev–Trinajstić information content (AvgIpc) is 2.91. The number of hydrogen-bond acceptors (Lipinski definition) is 5. The molecule has 2 amide bonds. The Morgan fingerprint density at radius 3 is 1.97 bits per heavy atom. The molecule has 0 bridgehead atoms. The smallest absolute Gasteiger partial charge is 0.261 e. The molecule has 3 rings (SSSR count). The zero-order valence-corrected chi connectivity index (χ0v) is 16.7. The van der Waals surface area contributed by atoms with Gasteiger partial charge in [-0.2, -0.15) is 0 Å². The molecular formula is C23H23NO5. The Bertz CT molecular complexity index is 935. The molecule has 1 aliphatic rings. The van der Waals surface area contributed by atoms with Crippen LogP contribution in [-0.2, 0) is 4.79 Å². The van der Waals surface area contributed by atoms with E-state index in [4.69, 9.17) is 4.74 Å². The number of benzene rings is 2. The summed E-state index contributed by atoms with van der Waals surface area (Å²) in [6.45, 7) is 5.39. The molecule has 6 heteroatoms. The van der Waals surface area contributed by atoms with Gasteiger partial charge in [0.25, 0.3) is 11.8 Å². The highest BCUT2D eigenvalue weighted by Gasteiger charge is 2.36. The van der Waals surface area contributed by atoms with Crippen molar-refractivity contribution in [2.45, 2.75) is 27.2 Å². The van der Waals surface area contributed by atoms with Gasteiger partial charge in [-0.15, -0.1) is 0 Å². The molecule has 0 saturated carbocycles. The first-order valence-electron chi connectivity index (χ1n) is 9.39. The fourth-order valence-electron chi connectivity index (χ4n) is 3.09. The molecule has 0 aliphatic carbocycles. The van der Waals surface area contributed by atoms with Crippen molar-refractivity contribution in [3.05, 3.63) is 65.2 Å². The summed E-state index contributed by atoms with van der Waals surface area (Å²) in [4.78, 5) is 50.0. The molecule has 0 unspecified atom stereocenters. The first-order valence-corrected chi connectivity index (χ1v) is 9.39. The Balaban J connectivity index is 1.54. The quantitative estimate of drug-likeness (QED) is 0.531. The van der Waals surface area contributed by atoms with Gasteiger partial charge in [0, 0.05) is 12.0 Å². The lowest BCUT2D eigenvalue weighted by Crippen LogP contribution is -2.36. The van der Waals surface area contributed by atoms with Crippen molar-refractivity contribution in [3.63, 3.8) is 0 Å². The third kappa shape index (κ3) is 4.77. The van der Waals surface area contributed by atoms with Gasteiger partial charge in [0.15, 0.2) is 11.6 Å².